The zero-order valence-corrected chi connectivity index (χ0v) is 16.2. The number of fused-ring (bicyclic) bond motifs is 3. The molecule has 1 aliphatic carbocycles. The number of hydrogen-bond acceptors (Lipinski definition) is 4. The summed E-state index contributed by atoms with van der Waals surface area (Å²) in [6.07, 6.45) is 1.53. The Balaban J connectivity index is 1.94. The molecular weight excluding hydrogens is 368 g/mol. The third kappa shape index (κ3) is 2.90. The number of nitrogens with one attached hydrogen (secondary N) is 1. The van der Waals surface area contributed by atoms with Crippen LogP contribution in [0.2, 0.25) is 0 Å². The molecule has 0 saturated carbocycles. The predicted molar refractivity (Wildman–Crippen MR) is 111 cm³/mol. The number of ketones is 1. The third-order valence-corrected chi connectivity index (χ3v) is 5.47. The summed E-state index contributed by atoms with van der Waals surface area (Å²) in [4.78, 5) is 13.4. The molecule has 1 aromatic heterocycles. The van der Waals surface area contributed by atoms with Gasteiger partial charge in [0.1, 0.15) is 10.7 Å². The smallest absolute Gasteiger partial charge is 0.207 e. The molecular formula is C22H18N4OS. The summed E-state index contributed by atoms with van der Waals surface area (Å²) in [5, 5.41) is 16.9. The van der Waals surface area contributed by atoms with Crippen molar-refractivity contribution in [1.82, 2.24) is 15.1 Å². The molecule has 28 heavy (non-hydrogen) atoms. The van der Waals surface area contributed by atoms with Gasteiger partial charge in [-0.25, -0.2) is 4.68 Å². The first-order valence-electron chi connectivity index (χ1n) is 9.06. The third-order valence-electron chi connectivity index (χ3n) is 5.03. The molecule has 0 bridgehead atoms. The molecule has 1 N–H and O–H groups in total. The van der Waals surface area contributed by atoms with Gasteiger partial charge in [0.05, 0.1) is 17.5 Å². The van der Waals surface area contributed by atoms with E-state index in [2.05, 4.69) is 22.5 Å². The highest BCUT2D eigenvalue weighted by atomic mass is 32.1. The standard InChI is InChI=1S/C22H18N4OS/c1-24-22(28)18(13-23)21(27)19-17-12-11-14-7-5-6-10-16(14)20(17)26(25-19)15-8-3-2-4-9-15/h2-10,18H,11-12H2,1H3,(H,24,28)/t18-/m0/s1. The maximum Gasteiger partial charge on any atom is 0.207 e. The van der Waals surface area contributed by atoms with Crippen molar-refractivity contribution in [3.8, 4) is 23.0 Å². The van der Waals surface area contributed by atoms with Crippen molar-refractivity contribution in [2.24, 2.45) is 5.92 Å². The average molecular weight is 386 g/mol. The first-order chi connectivity index (χ1) is 13.7. The average Bonchev–Trinajstić information content (AvgIpc) is 3.15. The van der Waals surface area contributed by atoms with E-state index in [-0.39, 0.29) is 10.8 Å². The molecule has 0 fully saturated rings. The van der Waals surface area contributed by atoms with Crippen molar-refractivity contribution in [2.45, 2.75) is 12.8 Å². The number of nitrogens with zero attached hydrogens (tertiary/aromatic N) is 3. The van der Waals surface area contributed by atoms with Crippen LogP contribution in [-0.2, 0) is 12.8 Å². The molecule has 0 radical (unpaired) electrons. The van der Waals surface area contributed by atoms with Crippen LogP contribution < -0.4 is 5.32 Å². The van der Waals surface area contributed by atoms with E-state index in [1.54, 1.807) is 7.05 Å². The fourth-order valence-corrected chi connectivity index (χ4v) is 3.82. The van der Waals surface area contributed by atoms with Crippen LogP contribution in [0.4, 0.5) is 0 Å². The lowest BCUT2D eigenvalue weighted by molar-refractivity contribution is 0.0968. The van der Waals surface area contributed by atoms with Gasteiger partial charge in [-0.2, -0.15) is 10.4 Å². The highest BCUT2D eigenvalue weighted by Gasteiger charge is 2.33. The minimum Gasteiger partial charge on any atom is -0.381 e. The van der Waals surface area contributed by atoms with Crippen LogP contribution in [0, 0.1) is 17.2 Å². The quantitative estimate of drug-likeness (QED) is 0.549. The second kappa shape index (κ2) is 7.37. The van der Waals surface area contributed by atoms with Crippen molar-refractivity contribution in [3.05, 3.63) is 71.4 Å². The zero-order chi connectivity index (χ0) is 19.7. The number of benzene rings is 2. The van der Waals surface area contributed by atoms with Gasteiger partial charge in [-0.3, -0.25) is 4.79 Å². The van der Waals surface area contributed by atoms with Gasteiger partial charge in [0.2, 0.25) is 5.78 Å². The Kier molecular flexibility index (Phi) is 4.76. The van der Waals surface area contributed by atoms with Gasteiger partial charge in [0, 0.05) is 18.2 Å². The monoisotopic (exact) mass is 386 g/mol. The Bertz CT molecular complexity index is 1110. The van der Waals surface area contributed by atoms with Crippen LogP contribution in [0.25, 0.3) is 16.9 Å². The first kappa shape index (κ1) is 18.1. The molecule has 0 unspecified atom stereocenters. The van der Waals surface area contributed by atoms with Gasteiger partial charge in [-0.05, 0) is 30.5 Å². The molecule has 1 aliphatic rings. The second-order valence-electron chi connectivity index (χ2n) is 6.62. The highest BCUT2D eigenvalue weighted by Crippen LogP contribution is 2.37. The van der Waals surface area contributed by atoms with E-state index >= 15 is 0 Å². The van der Waals surface area contributed by atoms with Gasteiger partial charge in [0.15, 0.2) is 5.92 Å². The summed E-state index contributed by atoms with van der Waals surface area (Å²) in [5.74, 6) is -1.40. The lowest BCUT2D eigenvalue weighted by Gasteiger charge is -2.18. The molecule has 1 heterocycles. The van der Waals surface area contributed by atoms with Crippen molar-refractivity contribution < 1.29 is 4.79 Å². The number of carbonyl (C=O) groups is 1. The fraction of sp³-hybridized carbons (Fsp3) is 0.182. The molecule has 2 aromatic carbocycles. The Morgan fingerprint density at radius 2 is 1.89 bits per heavy atom. The van der Waals surface area contributed by atoms with E-state index in [1.807, 2.05) is 53.2 Å². The van der Waals surface area contributed by atoms with Crippen molar-refractivity contribution >= 4 is 23.0 Å². The van der Waals surface area contributed by atoms with E-state index in [4.69, 9.17) is 12.2 Å². The number of hydrogen-bond donors (Lipinski definition) is 1. The van der Waals surface area contributed by atoms with E-state index < -0.39 is 5.92 Å². The van der Waals surface area contributed by atoms with Gasteiger partial charge < -0.3 is 5.32 Å². The lowest BCUT2D eigenvalue weighted by Crippen LogP contribution is -2.31. The number of rotatable bonds is 4. The minimum absolute atomic E-state index is 0.215. The predicted octanol–water partition coefficient (Wildman–Crippen LogP) is 3.51. The summed E-state index contributed by atoms with van der Waals surface area (Å²) in [7, 11) is 1.62. The Labute approximate surface area is 168 Å². The number of para-hydroxylation sites is 1. The zero-order valence-electron chi connectivity index (χ0n) is 15.3. The lowest BCUT2D eigenvalue weighted by atomic mass is 9.87. The molecule has 0 aliphatic heterocycles. The molecule has 6 heteroatoms. The number of aryl methyl sites for hydroxylation is 1. The highest BCUT2D eigenvalue weighted by molar-refractivity contribution is 7.80. The number of aromatic nitrogens is 2. The van der Waals surface area contributed by atoms with Crippen LogP contribution in [-0.4, -0.2) is 27.6 Å². The summed E-state index contributed by atoms with van der Waals surface area (Å²) >= 11 is 5.18. The summed E-state index contributed by atoms with van der Waals surface area (Å²) < 4.78 is 1.82. The molecule has 0 saturated heterocycles. The fourth-order valence-electron chi connectivity index (χ4n) is 3.66. The maximum atomic E-state index is 13.2. The number of Topliss-reactive ketones (excluding diaryl/α,β-unsaturated/α-hetero) is 1. The van der Waals surface area contributed by atoms with E-state index in [9.17, 15) is 10.1 Å². The van der Waals surface area contributed by atoms with Gasteiger partial charge in [-0.15, -0.1) is 0 Å². The molecule has 138 valence electrons. The molecule has 0 spiro atoms. The second-order valence-corrected chi connectivity index (χ2v) is 7.06. The molecule has 1 atom stereocenters. The molecule has 5 nitrogen and oxygen atoms in total. The van der Waals surface area contributed by atoms with Crippen molar-refractivity contribution in [3.63, 3.8) is 0 Å². The molecule has 3 aromatic rings. The number of thiocarbonyl (C=S) groups is 1. The molecule has 0 amide bonds. The van der Waals surface area contributed by atoms with Crippen LogP contribution in [0.5, 0.6) is 0 Å². The van der Waals surface area contributed by atoms with Crippen LogP contribution >= 0.6 is 12.2 Å². The summed E-state index contributed by atoms with van der Waals surface area (Å²) in [5.41, 5.74) is 5.31. The Hall–Kier alpha value is -3.30. The first-order valence-corrected chi connectivity index (χ1v) is 9.47. The van der Waals surface area contributed by atoms with E-state index in [0.717, 1.165) is 28.9 Å². The minimum atomic E-state index is -1.04. The number of carbonyl (C=O) groups excluding carboxylic acids is 1. The largest absolute Gasteiger partial charge is 0.381 e. The Morgan fingerprint density at radius 1 is 1.18 bits per heavy atom. The normalized spacial score (nSPS) is 13.0. The van der Waals surface area contributed by atoms with E-state index in [1.165, 1.54) is 5.56 Å². The summed E-state index contributed by atoms with van der Waals surface area (Å²) in [6.45, 7) is 0. The van der Waals surface area contributed by atoms with Crippen LogP contribution in [0.15, 0.2) is 54.6 Å². The van der Waals surface area contributed by atoms with Crippen molar-refractivity contribution in [1.29, 1.82) is 5.26 Å². The van der Waals surface area contributed by atoms with Crippen molar-refractivity contribution in [2.75, 3.05) is 7.05 Å². The molecule has 4 rings (SSSR count). The SMILES string of the molecule is CNC(=S)[C@@H](C#N)C(=O)c1nn(-c2ccccc2)c2c1CCc1ccccc1-2. The van der Waals surface area contributed by atoms with Crippen LogP contribution in [0.1, 0.15) is 21.6 Å². The Morgan fingerprint density at radius 3 is 2.61 bits per heavy atom. The number of nitriles is 1. The topological polar surface area (TPSA) is 70.7 Å². The summed E-state index contributed by atoms with van der Waals surface area (Å²) in [6, 6.07) is 19.9. The van der Waals surface area contributed by atoms with Gasteiger partial charge in [0.25, 0.3) is 0 Å². The maximum absolute atomic E-state index is 13.2. The van der Waals surface area contributed by atoms with E-state index in [0.29, 0.717) is 12.1 Å². The van der Waals surface area contributed by atoms with Crippen LogP contribution in [0.3, 0.4) is 0 Å². The van der Waals surface area contributed by atoms with Gasteiger partial charge >= 0.3 is 0 Å². The van der Waals surface area contributed by atoms with Gasteiger partial charge in [-0.1, -0.05) is 54.7 Å².